The second-order valence-corrected chi connectivity index (χ2v) is 15.4. The molecular formula is C44H52N8O6. The third-order valence-corrected chi connectivity index (χ3v) is 12.4. The number of rotatable bonds is 10. The van der Waals surface area contributed by atoms with Gasteiger partial charge in [0.05, 0.1) is 48.4 Å². The molecule has 14 nitrogen and oxygen atoms in total. The molecule has 0 saturated carbocycles. The van der Waals surface area contributed by atoms with Gasteiger partial charge in [-0.1, -0.05) is 36.4 Å². The summed E-state index contributed by atoms with van der Waals surface area (Å²) in [5.74, 6) is -1.57. The Morgan fingerprint density at radius 1 is 0.672 bits per heavy atom. The average molecular weight is 789 g/mol. The third kappa shape index (κ3) is 7.48. The highest BCUT2D eigenvalue weighted by molar-refractivity contribution is 5.81. The fourth-order valence-corrected chi connectivity index (χ4v) is 9.63. The SMILES string of the molecule is C/C=C/c1ccc2n(c1=O)C[C@H]1[C@H](CO)[C@@H](C(=O)NCc3ccccn3)[C@@H]2N1C.C/C=C\c1ccc2n(c1=O)C[C@H]1[C@H](CO)[C@@H](C(=O)NCc3ccccn3)[C@@H]2N1C. The molecule has 0 unspecified atom stereocenters. The summed E-state index contributed by atoms with van der Waals surface area (Å²) in [6.45, 7) is 5.18. The smallest absolute Gasteiger partial charge is 0.258 e. The van der Waals surface area contributed by atoms with Crippen LogP contribution in [0.4, 0.5) is 0 Å². The van der Waals surface area contributed by atoms with Crippen LogP contribution in [0.15, 0.2) is 94.8 Å². The van der Waals surface area contributed by atoms with Crippen molar-refractivity contribution in [1.29, 1.82) is 0 Å². The molecule has 2 fully saturated rings. The summed E-state index contributed by atoms with van der Waals surface area (Å²) < 4.78 is 3.55. The Kier molecular flexibility index (Phi) is 12.3. The van der Waals surface area contributed by atoms with Crippen LogP contribution in [0.2, 0.25) is 0 Å². The number of amides is 2. The molecule has 14 heteroatoms. The van der Waals surface area contributed by atoms with Gasteiger partial charge in [-0.2, -0.15) is 0 Å². The third-order valence-electron chi connectivity index (χ3n) is 12.4. The minimum atomic E-state index is -0.431. The first-order valence-electron chi connectivity index (χ1n) is 19.9. The maximum absolute atomic E-state index is 13.2. The van der Waals surface area contributed by atoms with Crippen LogP contribution < -0.4 is 21.8 Å². The monoisotopic (exact) mass is 788 g/mol. The number of nitrogens with one attached hydrogen (secondary N) is 2. The van der Waals surface area contributed by atoms with Crippen LogP contribution in [-0.4, -0.2) is 90.3 Å². The predicted octanol–water partition coefficient (Wildman–Crippen LogP) is 2.37. The summed E-state index contributed by atoms with van der Waals surface area (Å²) in [5.41, 5.74) is 4.40. The summed E-state index contributed by atoms with van der Waals surface area (Å²) in [7, 11) is 3.94. The lowest BCUT2D eigenvalue weighted by atomic mass is 9.86. The van der Waals surface area contributed by atoms with Crippen molar-refractivity contribution in [2.24, 2.45) is 23.7 Å². The summed E-state index contributed by atoms with van der Waals surface area (Å²) in [6.07, 6.45) is 10.7. The molecule has 8 rings (SSSR count). The molecule has 58 heavy (non-hydrogen) atoms. The number of carbonyl (C=O) groups is 2. The number of hydrogen-bond donors (Lipinski definition) is 4. The molecule has 4 aromatic heterocycles. The number of carbonyl (C=O) groups excluding carboxylic acids is 2. The Hall–Kier alpha value is -5.54. The van der Waals surface area contributed by atoms with Crippen LogP contribution >= 0.6 is 0 Å². The van der Waals surface area contributed by atoms with E-state index in [1.165, 1.54) is 0 Å². The highest BCUT2D eigenvalue weighted by Crippen LogP contribution is 2.48. The maximum Gasteiger partial charge on any atom is 0.258 e. The van der Waals surface area contributed by atoms with Gasteiger partial charge in [0, 0.05) is 85.1 Å². The van der Waals surface area contributed by atoms with Crippen LogP contribution in [0, 0.1) is 23.7 Å². The maximum atomic E-state index is 13.2. The van der Waals surface area contributed by atoms with Gasteiger partial charge < -0.3 is 30.0 Å². The van der Waals surface area contributed by atoms with E-state index in [1.54, 1.807) is 33.7 Å². The fourth-order valence-electron chi connectivity index (χ4n) is 9.63. The number of allylic oxidation sites excluding steroid dienone is 2. The first-order valence-corrected chi connectivity index (χ1v) is 19.9. The highest BCUT2D eigenvalue weighted by atomic mass is 16.3. The van der Waals surface area contributed by atoms with Crippen molar-refractivity contribution < 1.29 is 19.8 Å². The Balaban J connectivity index is 0.000000177. The topological polar surface area (TPSA) is 175 Å². The van der Waals surface area contributed by atoms with E-state index < -0.39 is 11.8 Å². The molecule has 8 heterocycles. The minimum Gasteiger partial charge on any atom is -0.396 e. The van der Waals surface area contributed by atoms with E-state index in [0.717, 1.165) is 22.8 Å². The van der Waals surface area contributed by atoms with Gasteiger partial charge in [0.1, 0.15) is 0 Å². The average Bonchev–Trinajstić information content (AvgIpc) is 3.53. The molecule has 2 saturated heterocycles. The first kappa shape index (κ1) is 40.6. The van der Waals surface area contributed by atoms with E-state index in [9.17, 15) is 29.4 Å². The minimum absolute atomic E-state index is 0.0464. The molecular weight excluding hydrogens is 737 g/mol. The van der Waals surface area contributed by atoms with E-state index in [2.05, 4.69) is 30.4 Å². The molecule has 4 aromatic rings. The van der Waals surface area contributed by atoms with E-state index >= 15 is 0 Å². The van der Waals surface area contributed by atoms with Crippen LogP contribution in [0.1, 0.15) is 59.8 Å². The Morgan fingerprint density at radius 2 is 1.09 bits per heavy atom. The zero-order chi connectivity index (χ0) is 41.1. The second kappa shape index (κ2) is 17.5. The lowest BCUT2D eigenvalue weighted by Crippen LogP contribution is -2.44. The molecule has 4 aliphatic heterocycles. The van der Waals surface area contributed by atoms with Crippen LogP contribution in [-0.2, 0) is 35.8 Å². The quantitative estimate of drug-likeness (QED) is 0.187. The van der Waals surface area contributed by atoms with Crippen molar-refractivity contribution in [2.75, 3.05) is 27.3 Å². The van der Waals surface area contributed by atoms with Crippen molar-refractivity contribution in [3.8, 4) is 0 Å². The zero-order valence-electron chi connectivity index (χ0n) is 33.3. The molecule has 304 valence electrons. The van der Waals surface area contributed by atoms with Gasteiger partial charge in [-0.3, -0.25) is 38.9 Å². The molecule has 4 N–H and O–H groups in total. The number of aromatic nitrogens is 4. The van der Waals surface area contributed by atoms with Gasteiger partial charge in [-0.25, -0.2) is 0 Å². The zero-order valence-corrected chi connectivity index (χ0v) is 33.3. The summed E-state index contributed by atoms with van der Waals surface area (Å²) in [5, 5.41) is 26.2. The standard InChI is InChI=1S/2C22H26N4O3/c2*1-3-6-14-8-9-17-20-19(21(28)24-11-15-7-4-5-10-23-15)16(13-27)18(25(20)2)12-26(17)22(14)29/h2*3-10,16,18-20,27H,11-13H2,1-2H3,(H,24,28)/b6-3+;6-3-/t2*16-,18-,19+,20+/m00/s1. The Bertz CT molecular complexity index is 2130. The van der Waals surface area contributed by atoms with Crippen LogP contribution in [0.3, 0.4) is 0 Å². The fraction of sp³-hybridized carbons (Fsp3) is 0.409. The number of pyridine rings is 4. The van der Waals surface area contributed by atoms with E-state index in [1.807, 2.05) is 101 Å². The van der Waals surface area contributed by atoms with E-state index in [4.69, 9.17) is 0 Å². The summed E-state index contributed by atoms with van der Waals surface area (Å²) in [4.78, 5) is 65.0. The van der Waals surface area contributed by atoms with Crippen LogP contribution in [0.25, 0.3) is 12.2 Å². The lowest BCUT2D eigenvalue weighted by molar-refractivity contribution is -0.128. The molecule has 0 spiro atoms. The molecule has 8 atom stereocenters. The predicted molar refractivity (Wildman–Crippen MR) is 220 cm³/mol. The van der Waals surface area contributed by atoms with Gasteiger partial charge in [-0.05, 0) is 76.5 Å². The number of aliphatic hydroxyl groups is 2. The van der Waals surface area contributed by atoms with E-state index in [0.29, 0.717) is 37.3 Å². The number of nitrogens with zero attached hydrogens (tertiary/aromatic N) is 6. The number of likely N-dealkylation sites (N-methyl/N-ethyl adjacent to an activating group) is 2. The van der Waals surface area contributed by atoms with Gasteiger partial charge in [0.2, 0.25) is 11.8 Å². The molecule has 4 bridgehead atoms. The van der Waals surface area contributed by atoms with Gasteiger partial charge in [0.15, 0.2) is 0 Å². The van der Waals surface area contributed by atoms with Crippen LogP contribution in [0.5, 0.6) is 0 Å². The normalized spacial score (nSPS) is 25.9. The molecule has 4 aliphatic rings. The number of hydrogen-bond acceptors (Lipinski definition) is 10. The molecule has 0 radical (unpaired) electrons. The van der Waals surface area contributed by atoms with Crippen molar-refractivity contribution in [3.63, 3.8) is 0 Å². The lowest BCUT2D eigenvalue weighted by Gasteiger charge is -2.35. The van der Waals surface area contributed by atoms with Gasteiger partial charge >= 0.3 is 0 Å². The van der Waals surface area contributed by atoms with E-state index in [-0.39, 0.29) is 72.1 Å². The van der Waals surface area contributed by atoms with Crippen molar-refractivity contribution >= 4 is 24.0 Å². The summed E-state index contributed by atoms with van der Waals surface area (Å²) >= 11 is 0. The van der Waals surface area contributed by atoms with Crippen molar-refractivity contribution in [2.45, 2.75) is 64.2 Å². The number of fused-ring (bicyclic) bond motifs is 8. The first-order chi connectivity index (χ1) is 28.1. The Labute approximate surface area is 337 Å². The highest BCUT2D eigenvalue weighted by Gasteiger charge is 2.55. The van der Waals surface area contributed by atoms with Gasteiger partial charge in [-0.15, -0.1) is 0 Å². The Morgan fingerprint density at radius 3 is 1.43 bits per heavy atom. The van der Waals surface area contributed by atoms with Crippen molar-refractivity contribution in [3.05, 3.63) is 140 Å². The largest absolute Gasteiger partial charge is 0.396 e. The molecule has 0 aromatic carbocycles. The van der Waals surface area contributed by atoms with Gasteiger partial charge in [0.25, 0.3) is 11.1 Å². The molecule has 2 amide bonds. The number of aliphatic hydroxyl groups excluding tert-OH is 2. The van der Waals surface area contributed by atoms with Crippen molar-refractivity contribution in [1.82, 2.24) is 39.5 Å². The summed E-state index contributed by atoms with van der Waals surface area (Å²) in [6, 6.07) is 18.0. The second-order valence-electron chi connectivity index (χ2n) is 15.4. The molecule has 0 aliphatic carbocycles.